The standard InChI is InChI=1S/C29H36N2O4S/c32-26(3-1-9-30-11-15-34-16-12-30)22-5-7-28-24(19-22)21-25-20-23(6-8-29(25)36-28)27(33)4-2-10-31-13-17-35-18-14-31/h5-8,19-20H,1-4,9-18,21H2. The van der Waals surface area contributed by atoms with E-state index in [-0.39, 0.29) is 11.6 Å². The molecule has 7 heteroatoms. The topological polar surface area (TPSA) is 59.1 Å². The summed E-state index contributed by atoms with van der Waals surface area (Å²) < 4.78 is 10.8. The Kier molecular flexibility index (Phi) is 8.88. The minimum atomic E-state index is 0.214. The zero-order chi connectivity index (χ0) is 24.7. The number of fused-ring (bicyclic) bond motifs is 2. The fraction of sp³-hybridized carbons (Fsp3) is 0.517. The van der Waals surface area contributed by atoms with E-state index in [4.69, 9.17) is 9.47 Å². The molecule has 2 aromatic rings. The lowest BCUT2D eigenvalue weighted by Crippen LogP contribution is -2.36. The highest BCUT2D eigenvalue weighted by atomic mass is 32.2. The minimum Gasteiger partial charge on any atom is -0.379 e. The molecule has 0 saturated carbocycles. The molecule has 0 spiro atoms. The summed E-state index contributed by atoms with van der Waals surface area (Å²) in [5, 5.41) is 0. The number of benzene rings is 2. The molecule has 0 bridgehead atoms. The molecule has 0 amide bonds. The van der Waals surface area contributed by atoms with E-state index in [0.717, 1.165) is 96.1 Å². The number of morpholine rings is 2. The average molecular weight is 509 g/mol. The van der Waals surface area contributed by atoms with Gasteiger partial charge in [-0.05, 0) is 67.7 Å². The minimum absolute atomic E-state index is 0.214. The molecule has 0 N–H and O–H groups in total. The molecule has 36 heavy (non-hydrogen) atoms. The van der Waals surface area contributed by atoms with Crippen molar-refractivity contribution in [1.82, 2.24) is 9.80 Å². The second-order valence-electron chi connectivity index (χ2n) is 9.89. The van der Waals surface area contributed by atoms with E-state index >= 15 is 0 Å². The van der Waals surface area contributed by atoms with Crippen LogP contribution in [0.2, 0.25) is 0 Å². The van der Waals surface area contributed by atoms with Crippen LogP contribution in [0.3, 0.4) is 0 Å². The van der Waals surface area contributed by atoms with Crippen LogP contribution in [-0.2, 0) is 15.9 Å². The first kappa shape index (κ1) is 25.6. The molecule has 5 rings (SSSR count). The molecular formula is C29H36N2O4S. The van der Waals surface area contributed by atoms with Crippen LogP contribution >= 0.6 is 11.8 Å². The molecule has 3 aliphatic heterocycles. The summed E-state index contributed by atoms with van der Waals surface area (Å²) in [4.78, 5) is 32.9. The maximum atomic E-state index is 12.9. The molecule has 0 atom stereocenters. The molecule has 3 heterocycles. The van der Waals surface area contributed by atoms with Crippen molar-refractivity contribution in [2.24, 2.45) is 0 Å². The van der Waals surface area contributed by atoms with E-state index in [1.807, 2.05) is 12.1 Å². The first-order valence-electron chi connectivity index (χ1n) is 13.3. The Morgan fingerprint density at radius 1 is 0.694 bits per heavy atom. The molecule has 6 nitrogen and oxygen atoms in total. The second-order valence-corrected chi connectivity index (χ2v) is 11.0. The monoisotopic (exact) mass is 508 g/mol. The number of Topliss-reactive ketones (excluding diaryl/α,β-unsaturated/α-hetero) is 2. The van der Waals surface area contributed by atoms with Gasteiger partial charge in [0.2, 0.25) is 0 Å². The van der Waals surface area contributed by atoms with Crippen LogP contribution in [0.4, 0.5) is 0 Å². The summed E-state index contributed by atoms with van der Waals surface area (Å²) in [6.07, 6.45) is 3.67. The second kappa shape index (κ2) is 12.5. The highest BCUT2D eigenvalue weighted by Gasteiger charge is 2.20. The third-order valence-corrected chi connectivity index (χ3v) is 8.57. The molecule has 3 aliphatic rings. The van der Waals surface area contributed by atoms with Crippen molar-refractivity contribution >= 4 is 23.3 Å². The Balaban J connectivity index is 1.16. The maximum absolute atomic E-state index is 12.9. The van der Waals surface area contributed by atoms with Crippen molar-refractivity contribution in [2.45, 2.75) is 41.9 Å². The third-order valence-electron chi connectivity index (χ3n) is 7.33. The molecule has 2 saturated heterocycles. The number of rotatable bonds is 10. The normalized spacial score (nSPS) is 18.4. The summed E-state index contributed by atoms with van der Waals surface area (Å²) in [5.74, 6) is 0.428. The fourth-order valence-corrected chi connectivity index (χ4v) is 6.20. The Morgan fingerprint density at radius 3 is 1.58 bits per heavy atom. The fourth-order valence-electron chi connectivity index (χ4n) is 5.17. The molecule has 0 unspecified atom stereocenters. The van der Waals surface area contributed by atoms with Crippen molar-refractivity contribution in [3.63, 3.8) is 0 Å². The lowest BCUT2D eigenvalue weighted by Gasteiger charge is -2.26. The van der Waals surface area contributed by atoms with Gasteiger partial charge in [0.15, 0.2) is 11.6 Å². The van der Waals surface area contributed by atoms with Crippen LogP contribution in [-0.4, -0.2) is 87.1 Å². The van der Waals surface area contributed by atoms with Crippen molar-refractivity contribution in [1.29, 1.82) is 0 Å². The number of hydrogen-bond donors (Lipinski definition) is 0. The third kappa shape index (κ3) is 6.64. The molecule has 0 aromatic heterocycles. The van der Waals surface area contributed by atoms with Crippen LogP contribution in [0, 0.1) is 0 Å². The van der Waals surface area contributed by atoms with Gasteiger partial charge in [-0.3, -0.25) is 19.4 Å². The van der Waals surface area contributed by atoms with E-state index in [9.17, 15) is 9.59 Å². The molecular weight excluding hydrogens is 472 g/mol. The number of ether oxygens (including phenoxy) is 2. The van der Waals surface area contributed by atoms with E-state index < -0.39 is 0 Å². The average Bonchev–Trinajstić information content (AvgIpc) is 2.92. The van der Waals surface area contributed by atoms with Gasteiger partial charge in [0.05, 0.1) is 26.4 Å². The van der Waals surface area contributed by atoms with Gasteiger partial charge in [0.25, 0.3) is 0 Å². The van der Waals surface area contributed by atoms with Gasteiger partial charge < -0.3 is 9.47 Å². The first-order chi connectivity index (χ1) is 17.7. The van der Waals surface area contributed by atoms with Gasteiger partial charge in [-0.1, -0.05) is 23.9 Å². The van der Waals surface area contributed by atoms with Crippen LogP contribution in [0.15, 0.2) is 46.2 Å². The van der Waals surface area contributed by atoms with Crippen molar-refractivity contribution in [3.8, 4) is 0 Å². The highest BCUT2D eigenvalue weighted by molar-refractivity contribution is 7.99. The summed E-state index contributed by atoms with van der Waals surface area (Å²) >= 11 is 1.74. The highest BCUT2D eigenvalue weighted by Crippen LogP contribution is 2.40. The lowest BCUT2D eigenvalue weighted by atomic mass is 9.96. The van der Waals surface area contributed by atoms with E-state index in [0.29, 0.717) is 12.8 Å². The van der Waals surface area contributed by atoms with Gasteiger partial charge >= 0.3 is 0 Å². The van der Waals surface area contributed by atoms with Gasteiger partial charge in [-0.25, -0.2) is 0 Å². The van der Waals surface area contributed by atoms with Gasteiger partial charge in [-0.2, -0.15) is 0 Å². The maximum Gasteiger partial charge on any atom is 0.162 e. The van der Waals surface area contributed by atoms with Crippen LogP contribution in [0.25, 0.3) is 0 Å². The summed E-state index contributed by atoms with van der Waals surface area (Å²) in [7, 11) is 0. The molecule has 0 aliphatic carbocycles. The van der Waals surface area contributed by atoms with Crippen molar-refractivity contribution in [2.75, 3.05) is 65.7 Å². The van der Waals surface area contributed by atoms with Gasteiger partial charge in [-0.15, -0.1) is 0 Å². The van der Waals surface area contributed by atoms with Crippen LogP contribution in [0.5, 0.6) is 0 Å². The molecule has 2 fully saturated rings. The largest absolute Gasteiger partial charge is 0.379 e. The molecule has 192 valence electrons. The number of ketones is 2. The van der Waals surface area contributed by atoms with Crippen molar-refractivity contribution < 1.29 is 19.1 Å². The van der Waals surface area contributed by atoms with Gasteiger partial charge in [0.1, 0.15) is 0 Å². The summed E-state index contributed by atoms with van der Waals surface area (Å²) in [5.41, 5.74) is 3.97. The first-order valence-corrected chi connectivity index (χ1v) is 14.1. The Morgan fingerprint density at radius 2 is 1.14 bits per heavy atom. The number of nitrogens with zero attached hydrogens (tertiary/aromatic N) is 2. The van der Waals surface area contributed by atoms with E-state index in [1.165, 1.54) is 20.9 Å². The summed E-state index contributed by atoms with van der Waals surface area (Å²) in [6, 6.07) is 12.3. The SMILES string of the molecule is O=C(CCCN1CCOCC1)c1ccc2c(c1)Cc1cc(C(=O)CCCN3CCOCC3)ccc1S2. The van der Waals surface area contributed by atoms with Gasteiger partial charge in [0, 0.05) is 59.9 Å². The summed E-state index contributed by atoms with van der Waals surface area (Å²) in [6.45, 7) is 8.91. The lowest BCUT2D eigenvalue weighted by molar-refractivity contribution is 0.0370. The van der Waals surface area contributed by atoms with Crippen molar-refractivity contribution in [3.05, 3.63) is 58.7 Å². The molecule has 2 aromatic carbocycles. The van der Waals surface area contributed by atoms with Crippen LogP contribution in [0.1, 0.15) is 57.5 Å². The van der Waals surface area contributed by atoms with E-state index in [1.54, 1.807) is 11.8 Å². The van der Waals surface area contributed by atoms with Crippen LogP contribution < -0.4 is 0 Å². The zero-order valence-corrected chi connectivity index (χ0v) is 21.8. The molecule has 0 radical (unpaired) electrons. The predicted octanol–water partition coefficient (Wildman–Crippen LogP) is 4.33. The smallest absolute Gasteiger partial charge is 0.162 e. The predicted molar refractivity (Wildman–Crippen MR) is 141 cm³/mol. The Hall–Kier alpha value is -2.03. The quantitative estimate of drug-likeness (QED) is 0.378. The number of carbonyl (C=O) groups excluding carboxylic acids is 2. The number of carbonyl (C=O) groups is 2. The number of hydrogen-bond acceptors (Lipinski definition) is 7. The van der Waals surface area contributed by atoms with E-state index in [2.05, 4.69) is 34.1 Å². The Labute approximate surface area is 218 Å². The Bertz CT molecular complexity index is 993. The zero-order valence-electron chi connectivity index (χ0n) is 21.0.